The predicted octanol–water partition coefficient (Wildman–Crippen LogP) is 1.97. The molecule has 0 radical (unpaired) electrons. The van der Waals surface area contributed by atoms with Gasteiger partial charge in [0.25, 0.3) is 0 Å². The lowest BCUT2D eigenvalue weighted by Gasteiger charge is -2.15. The van der Waals surface area contributed by atoms with Crippen LogP contribution in [0.3, 0.4) is 0 Å². The summed E-state index contributed by atoms with van der Waals surface area (Å²) in [6, 6.07) is 6.50. The number of ether oxygens (including phenoxy) is 2. The summed E-state index contributed by atoms with van der Waals surface area (Å²) in [5, 5.41) is 17.6. The summed E-state index contributed by atoms with van der Waals surface area (Å²) in [6.07, 6.45) is 0.0214. The Kier molecular flexibility index (Phi) is 4.76. The number of carboxylic acid groups (broad SMARTS) is 1. The smallest absolute Gasteiger partial charge is 0.349 e. The molecule has 0 saturated carbocycles. The summed E-state index contributed by atoms with van der Waals surface area (Å²) in [5.74, 6) is -0.537. The number of nitriles is 1. The highest BCUT2D eigenvalue weighted by Crippen LogP contribution is 2.29. The number of benzene rings is 1. The van der Waals surface area contributed by atoms with E-state index in [4.69, 9.17) is 19.8 Å². The predicted molar refractivity (Wildman–Crippen MR) is 64.6 cm³/mol. The minimum Gasteiger partial charge on any atom is -0.490 e. The molecule has 0 aromatic heterocycles. The van der Waals surface area contributed by atoms with Gasteiger partial charge in [-0.3, -0.25) is 0 Å². The maximum Gasteiger partial charge on any atom is 0.349 e. The lowest BCUT2D eigenvalue weighted by molar-refractivity contribution is -0.142. The van der Waals surface area contributed by atoms with Gasteiger partial charge in [0, 0.05) is 6.07 Å². The molecule has 0 aliphatic rings. The minimum absolute atomic E-state index is 0.267. The molecule has 18 heavy (non-hydrogen) atoms. The van der Waals surface area contributed by atoms with E-state index in [0.29, 0.717) is 17.9 Å². The molecule has 0 saturated heterocycles. The van der Waals surface area contributed by atoms with Crippen molar-refractivity contribution in [1.29, 1.82) is 5.26 Å². The Labute approximate surface area is 105 Å². The van der Waals surface area contributed by atoms with Gasteiger partial charge in [-0.25, -0.2) is 4.79 Å². The van der Waals surface area contributed by atoms with Crippen LogP contribution in [0.5, 0.6) is 11.5 Å². The van der Waals surface area contributed by atoms with Crippen LogP contribution in [0.1, 0.15) is 12.5 Å². The van der Waals surface area contributed by atoms with Crippen LogP contribution in [-0.2, 0) is 4.79 Å². The molecule has 0 aliphatic heterocycles. The molecule has 0 heterocycles. The lowest BCUT2D eigenvalue weighted by atomic mass is 10.2. The third-order valence-electron chi connectivity index (χ3n) is 2.08. The van der Waals surface area contributed by atoms with Crippen LogP contribution in [0, 0.1) is 11.3 Å². The summed E-state index contributed by atoms with van der Waals surface area (Å²) < 4.78 is 10.6. The number of aliphatic carboxylic acids is 1. The van der Waals surface area contributed by atoms with E-state index in [2.05, 4.69) is 6.58 Å². The first kappa shape index (κ1) is 13.6. The molecule has 0 bridgehead atoms. The van der Waals surface area contributed by atoms with Crippen molar-refractivity contribution in [3.8, 4) is 17.6 Å². The molecular formula is C13H13NO4. The fraction of sp³-hybridized carbons (Fsp3) is 0.231. The van der Waals surface area contributed by atoms with Gasteiger partial charge >= 0.3 is 5.97 Å². The normalized spacial score (nSPS) is 11.1. The standard InChI is InChI=1S/C13H13NO4/c1-3-10(13(15)16)18-11-6-5-9(8-14)7-12(11)17-4-2/h3,5-7,10H,1,4H2,2H3,(H,15,16). The van der Waals surface area contributed by atoms with Crippen LogP contribution in [-0.4, -0.2) is 23.8 Å². The highest BCUT2D eigenvalue weighted by atomic mass is 16.5. The highest BCUT2D eigenvalue weighted by molar-refractivity contribution is 5.75. The van der Waals surface area contributed by atoms with Crippen molar-refractivity contribution in [2.45, 2.75) is 13.0 Å². The number of hydrogen-bond donors (Lipinski definition) is 1. The van der Waals surface area contributed by atoms with E-state index in [1.54, 1.807) is 6.92 Å². The van der Waals surface area contributed by atoms with Crippen LogP contribution < -0.4 is 9.47 Å². The average molecular weight is 247 g/mol. The van der Waals surface area contributed by atoms with Gasteiger partial charge in [0.1, 0.15) is 0 Å². The molecule has 5 nitrogen and oxygen atoms in total. The minimum atomic E-state index is -1.16. The number of carboxylic acids is 1. The Morgan fingerprint density at radius 2 is 2.33 bits per heavy atom. The van der Waals surface area contributed by atoms with Crippen LogP contribution in [0.15, 0.2) is 30.9 Å². The molecule has 1 rings (SSSR count). The molecule has 1 atom stereocenters. The summed E-state index contributed by atoms with van der Waals surface area (Å²) in [5.41, 5.74) is 0.413. The Morgan fingerprint density at radius 1 is 1.61 bits per heavy atom. The largest absolute Gasteiger partial charge is 0.490 e. The fourth-order valence-electron chi connectivity index (χ4n) is 1.28. The van der Waals surface area contributed by atoms with Crippen molar-refractivity contribution in [3.05, 3.63) is 36.4 Å². The Bertz CT molecular complexity index is 490. The molecule has 94 valence electrons. The summed E-state index contributed by atoms with van der Waals surface area (Å²) in [4.78, 5) is 10.8. The monoisotopic (exact) mass is 247 g/mol. The molecule has 1 N–H and O–H groups in total. The molecule has 0 fully saturated rings. The highest BCUT2D eigenvalue weighted by Gasteiger charge is 2.17. The molecule has 0 spiro atoms. The molecule has 1 aromatic carbocycles. The molecule has 0 amide bonds. The fourth-order valence-corrected chi connectivity index (χ4v) is 1.28. The zero-order chi connectivity index (χ0) is 13.5. The quantitative estimate of drug-likeness (QED) is 0.777. The second-order valence-corrected chi connectivity index (χ2v) is 3.32. The molecule has 5 heteroatoms. The summed E-state index contributed by atoms with van der Waals surface area (Å²) >= 11 is 0. The van der Waals surface area contributed by atoms with Crippen LogP contribution >= 0.6 is 0 Å². The average Bonchev–Trinajstić information content (AvgIpc) is 2.37. The lowest BCUT2D eigenvalue weighted by Crippen LogP contribution is -2.24. The van der Waals surface area contributed by atoms with E-state index in [1.165, 1.54) is 24.3 Å². The number of carbonyl (C=O) groups is 1. The van der Waals surface area contributed by atoms with E-state index in [1.807, 2.05) is 6.07 Å². The van der Waals surface area contributed by atoms with Gasteiger partial charge < -0.3 is 14.6 Å². The maximum atomic E-state index is 10.8. The van der Waals surface area contributed by atoms with E-state index >= 15 is 0 Å². The topological polar surface area (TPSA) is 79.5 Å². The SMILES string of the molecule is C=CC(Oc1ccc(C#N)cc1OCC)C(=O)O. The molecule has 1 unspecified atom stereocenters. The van der Waals surface area contributed by atoms with Gasteiger partial charge in [0.2, 0.25) is 6.10 Å². The molecular weight excluding hydrogens is 234 g/mol. The zero-order valence-corrected chi connectivity index (χ0v) is 9.92. The maximum absolute atomic E-state index is 10.8. The van der Waals surface area contributed by atoms with Crippen molar-refractivity contribution in [1.82, 2.24) is 0 Å². The van der Waals surface area contributed by atoms with Crippen LogP contribution in [0.4, 0.5) is 0 Å². The van der Waals surface area contributed by atoms with Gasteiger partial charge in [-0.15, -0.1) is 0 Å². The third-order valence-corrected chi connectivity index (χ3v) is 2.08. The van der Waals surface area contributed by atoms with E-state index in [-0.39, 0.29) is 5.75 Å². The summed E-state index contributed by atoms with van der Waals surface area (Å²) in [7, 11) is 0. The van der Waals surface area contributed by atoms with Crippen molar-refractivity contribution in [3.63, 3.8) is 0 Å². The van der Waals surface area contributed by atoms with E-state index in [9.17, 15) is 4.79 Å². The number of rotatable bonds is 6. The van der Waals surface area contributed by atoms with Gasteiger partial charge in [0.15, 0.2) is 11.5 Å². The summed E-state index contributed by atoms with van der Waals surface area (Å²) in [6.45, 7) is 5.56. The Balaban J connectivity index is 3.04. The second kappa shape index (κ2) is 6.30. The van der Waals surface area contributed by atoms with Gasteiger partial charge in [-0.05, 0) is 25.1 Å². The first-order valence-electron chi connectivity index (χ1n) is 5.31. The van der Waals surface area contributed by atoms with Crippen molar-refractivity contribution in [2.24, 2.45) is 0 Å². The number of hydrogen-bond acceptors (Lipinski definition) is 4. The first-order valence-corrected chi connectivity index (χ1v) is 5.31. The van der Waals surface area contributed by atoms with Crippen LogP contribution in [0.25, 0.3) is 0 Å². The molecule has 0 aliphatic carbocycles. The van der Waals surface area contributed by atoms with Crippen molar-refractivity contribution < 1.29 is 19.4 Å². The molecule has 1 aromatic rings. The number of nitrogens with zero attached hydrogens (tertiary/aromatic N) is 1. The van der Waals surface area contributed by atoms with Gasteiger partial charge in [-0.1, -0.05) is 6.58 Å². The van der Waals surface area contributed by atoms with E-state index < -0.39 is 12.1 Å². The Morgan fingerprint density at radius 3 is 2.83 bits per heavy atom. The first-order chi connectivity index (χ1) is 8.62. The zero-order valence-electron chi connectivity index (χ0n) is 9.92. The van der Waals surface area contributed by atoms with Gasteiger partial charge in [-0.2, -0.15) is 5.26 Å². The van der Waals surface area contributed by atoms with Crippen molar-refractivity contribution >= 4 is 5.97 Å². The van der Waals surface area contributed by atoms with Crippen LogP contribution in [0.2, 0.25) is 0 Å². The third kappa shape index (κ3) is 3.25. The second-order valence-electron chi connectivity index (χ2n) is 3.32. The van der Waals surface area contributed by atoms with Gasteiger partial charge in [0.05, 0.1) is 18.2 Å². The van der Waals surface area contributed by atoms with E-state index in [0.717, 1.165) is 0 Å². The Hall–Kier alpha value is -2.48. The van der Waals surface area contributed by atoms with Crippen molar-refractivity contribution in [2.75, 3.05) is 6.61 Å².